The van der Waals surface area contributed by atoms with Crippen LogP contribution in [0.3, 0.4) is 0 Å². The van der Waals surface area contributed by atoms with Gasteiger partial charge in [-0.3, -0.25) is 14.4 Å². The highest BCUT2D eigenvalue weighted by Crippen LogP contribution is 2.24. The van der Waals surface area contributed by atoms with Crippen LogP contribution in [0.4, 0.5) is 5.69 Å². The third-order valence-corrected chi connectivity index (χ3v) is 6.14. The summed E-state index contributed by atoms with van der Waals surface area (Å²) in [5.74, 6) is 0.0594. The third kappa shape index (κ3) is 5.34. The maximum absolute atomic E-state index is 13.4. The number of amides is 3. The standard InChI is InChI=1S/C25H29N3O5/c1-32-20-10-8-18(9-11-20)23(29)26-22-7-3-2-6-21(22)25(31)28-12-4-5-19(17-28)24(30)27-13-15-33-16-14-27/h2-3,6-11,19H,4-5,12-17H2,1H3,(H,26,29). The minimum Gasteiger partial charge on any atom is -0.497 e. The van der Waals surface area contributed by atoms with Crippen LogP contribution in [0, 0.1) is 5.92 Å². The second-order valence-electron chi connectivity index (χ2n) is 8.26. The van der Waals surface area contributed by atoms with Crippen molar-refractivity contribution in [2.24, 2.45) is 5.92 Å². The van der Waals surface area contributed by atoms with Crippen LogP contribution < -0.4 is 10.1 Å². The number of methoxy groups -OCH3 is 1. The molecule has 1 atom stereocenters. The Balaban J connectivity index is 1.45. The van der Waals surface area contributed by atoms with Gasteiger partial charge in [-0.25, -0.2) is 0 Å². The van der Waals surface area contributed by atoms with E-state index in [9.17, 15) is 14.4 Å². The smallest absolute Gasteiger partial charge is 0.255 e. The summed E-state index contributed by atoms with van der Waals surface area (Å²) in [6.07, 6.45) is 1.54. The van der Waals surface area contributed by atoms with Crippen molar-refractivity contribution in [2.45, 2.75) is 12.8 Å². The molecule has 8 nitrogen and oxygen atoms in total. The van der Waals surface area contributed by atoms with Crippen molar-refractivity contribution in [1.29, 1.82) is 0 Å². The number of carbonyl (C=O) groups excluding carboxylic acids is 3. The number of carbonyl (C=O) groups is 3. The molecule has 2 saturated heterocycles. The van der Waals surface area contributed by atoms with Crippen LogP contribution in [0.5, 0.6) is 5.75 Å². The minimum atomic E-state index is -0.308. The van der Waals surface area contributed by atoms with E-state index in [0.29, 0.717) is 62.0 Å². The summed E-state index contributed by atoms with van der Waals surface area (Å²) in [7, 11) is 1.57. The number of anilines is 1. The maximum atomic E-state index is 13.4. The van der Waals surface area contributed by atoms with Crippen LogP contribution >= 0.6 is 0 Å². The van der Waals surface area contributed by atoms with E-state index in [-0.39, 0.29) is 23.6 Å². The molecule has 33 heavy (non-hydrogen) atoms. The van der Waals surface area contributed by atoms with Gasteiger partial charge in [0.2, 0.25) is 5.91 Å². The molecule has 0 saturated carbocycles. The van der Waals surface area contributed by atoms with E-state index in [1.54, 1.807) is 60.5 Å². The summed E-state index contributed by atoms with van der Waals surface area (Å²) in [6.45, 7) is 3.29. The third-order valence-electron chi connectivity index (χ3n) is 6.14. The van der Waals surface area contributed by atoms with Crippen LogP contribution in [0.25, 0.3) is 0 Å². The van der Waals surface area contributed by atoms with Gasteiger partial charge in [0, 0.05) is 31.7 Å². The van der Waals surface area contributed by atoms with Crippen LogP contribution in [0.2, 0.25) is 0 Å². The van der Waals surface area contributed by atoms with E-state index in [4.69, 9.17) is 9.47 Å². The number of morpholine rings is 1. The van der Waals surface area contributed by atoms with E-state index >= 15 is 0 Å². The van der Waals surface area contributed by atoms with E-state index in [1.165, 1.54) is 0 Å². The molecule has 2 aromatic rings. The van der Waals surface area contributed by atoms with Gasteiger partial charge >= 0.3 is 0 Å². The number of hydrogen-bond acceptors (Lipinski definition) is 5. The van der Waals surface area contributed by atoms with E-state index in [0.717, 1.165) is 12.8 Å². The van der Waals surface area contributed by atoms with Crippen molar-refractivity contribution >= 4 is 23.4 Å². The molecular weight excluding hydrogens is 422 g/mol. The topological polar surface area (TPSA) is 88.2 Å². The molecular formula is C25H29N3O5. The first-order valence-corrected chi connectivity index (χ1v) is 11.3. The Morgan fingerprint density at radius 3 is 2.42 bits per heavy atom. The Kier molecular flexibility index (Phi) is 7.24. The summed E-state index contributed by atoms with van der Waals surface area (Å²) in [4.78, 5) is 42.6. The highest BCUT2D eigenvalue weighted by atomic mass is 16.5. The molecule has 2 fully saturated rings. The number of piperidine rings is 1. The van der Waals surface area contributed by atoms with Crippen molar-refractivity contribution in [3.05, 3.63) is 59.7 Å². The fourth-order valence-electron chi connectivity index (χ4n) is 4.29. The first-order chi connectivity index (χ1) is 16.1. The second-order valence-corrected chi connectivity index (χ2v) is 8.26. The molecule has 1 unspecified atom stereocenters. The predicted molar refractivity (Wildman–Crippen MR) is 123 cm³/mol. The molecule has 0 aliphatic carbocycles. The lowest BCUT2D eigenvalue weighted by Crippen LogP contribution is -2.49. The van der Waals surface area contributed by atoms with Gasteiger partial charge in [-0.15, -0.1) is 0 Å². The Labute approximate surface area is 193 Å². The highest BCUT2D eigenvalue weighted by molar-refractivity contribution is 6.09. The van der Waals surface area contributed by atoms with Crippen molar-refractivity contribution < 1.29 is 23.9 Å². The summed E-state index contributed by atoms with van der Waals surface area (Å²) in [6, 6.07) is 13.7. The van der Waals surface area contributed by atoms with Gasteiger partial charge in [0.15, 0.2) is 0 Å². The van der Waals surface area contributed by atoms with Gasteiger partial charge in [-0.1, -0.05) is 12.1 Å². The number of nitrogens with one attached hydrogen (secondary N) is 1. The maximum Gasteiger partial charge on any atom is 0.255 e. The molecule has 0 bridgehead atoms. The number of nitrogens with zero attached hydrogens (tertiary/aromatic N) is 2. The van der Waals surface area contributed by atoms with E-state index in [1.807, 2.05) is 4.90 Å². The van der Waals surface area contributed by atoms with E-state index in [2.05, 4.69) is 5.32 Å². The number of hydrogen-bond donors (Lipinski definition) is 1. The monoisotopic (exact) mass is 451 g/mol. The lowest BCUT2D eigenvalue weighted by atomic mass is 9.95. The molecule has 0 spiro atoms. The van der Waals surface area contributed by atoms with Crippen LogP contribution in [0.15, 0.2) is 48.5 Å². The summed E-state index contributed by atoms with van der Waals surface area (Å²) < 4.78 is 10.5. The molecule has 3 amide bonds. The fourth-order valence-corrected chi connectivity index (χ4v) is 4.29. The normalized spacial score (nSPS) is 18.5. The molecule has 4 rings (SSSR count). The molecule has 2 aliphatic rings. The van der Waals surface area contributed by atoms with Gasteiger partial charge in [0.1, 0.15) is 5.75 Å². The summed E-state index contributed by atoms with van der Waals surface area (Å²) in [5, 5.41) is 2.85. The van der Waals surface area contributed by atoms with Gasteiger partial charge in [-0.2, -0.15) is 0 Å². The van der Waals surface area contributed by atoms with Gasteiger partial charge < -0.3 is 24.6 Å². The molecule has 2 heterocycles. The molecule has 2 aliphatic heterocycles. The van der Waals surface area contributed by atoms with Crippen molar-refractivity contribution in [3.8, 4) is 5.75 Å². The number of rotatable bonds is 5. The number of ether oxygens (including phenoxy) is 2. The lowest BCUT2D eigenvalue weighted by Gasteiger charge is -2.36. The Morgan fingerprint density at radius 2 is 1.70 bits per heavy atom. The summed E-state index contributed by atoms with van der Waals surface area (Å²) in [5.41, 5.74) is 1.33. The zero-order valence-electron chi connectivity index (χ0n) is 18.8. The Hall–Kier alpha value is -3.39. The van der Waals surface area contributed by atoms with Crippen LogP contribution in [-0.4, -0.2) is 74.0 Å². The lowest BCUT2D eigenvalue weighted by molar-refractivity contribution is -0.141. The van der Waals surface area contributed by atoms with Crippen LogP contribution in [-0.2, 0) is 9.53 Å². The first kappa shape index (κ1) is 22.8. The summed E-state index contributed by atoms with van der Waals surface area (Å²) >= 11 is 0. The number of likely N-dealkylation sites (tertiary alicyclic amines) is 1. The minimum absolute atomic E-state index is 0.0943. The van der Waals surface area contributed by atoms with Crippen molar-refractivity contribution in [1.82, 2.24) is 9.80 Å². The average Bonchev–Trinajstić information content (AvgIpc) is 2.88. The first-order valence-electron chi connectivity index (χ1n) is 11.3. The number of benzene rings is 2. The zero-order chi connectivity index (χ0) is 23.2. The molecule has 8 heteroatoms. The fraction of sp³-hybridized carbons (Fsp3) is 0.400. The molecule has 0 radical (unpaired) electrons. The quantitative estimate of drug-likeness (QED) is 0.755. The highest BCUT2D eigenvalue weighted by Gasteiger charge is 2.32. The van der Waals surface area contributed by atoms with Gasteiger partial charge in [0.05, 0.1) is 37.5 Å². The second kappa shape index (κ2) is 10.5. The molecule has 174 valence electrons. The van der Waals surface area contributed by atoms with Crippen molar-refractivity contribution in [3.63, 3.8) is 0 Å². The predicted octanol–water partition coefficient (Wildman–Crippen LogP) is 2.66. The Bertz CT molecular complexity index is 1000. The SMILES string of the molecule is COc1ccc(C(=O)Nc2ccccc2C(=O)N2CCCC(C(=O)N3CCOCC3)C2)cc1. The van der Waals surface area contributed by atoms with Gasteiger partial charge in [0.25, 0.3) is 11.8 Å². The Morgan fingerprint density at radius 1 is 0.970 bits per heavy atom. The molecule has 1 N–H and O–H groups in total. The van der Waals surface area contributed by atoms with Gasteiger partial charge in [-0.05, 0) is 49.2 Å². The number of para-hydroxylation sites is 1. The van der Waals surface area contributed by atoms with Crippen LogP contribution in [0.1, 0.15) is 33.6 Å². The van der Waals surface area contributed by atoms with Crippen molar-refractivity contribution in [2.75, 3.05) is 51.8 Å². The molecule has 0 aromatic heterocycles. The van der Waals surface area contributed by atoms with E-state index < -0.39 is 0 Å². The largest absolute Gasteiger partial charge is 0.497 e. The zero-order valence-corrected chi connectivity index (χ0v) is 18.8. The average molecular weight is 452 g/mol. The molecule has 2 aromatic carbocycles.